The van der Waals surface area contributed by atoms with Crippen LogP contribution in [-0.2, 0) is 40.0 Å². The van der Waals surface area contributed by atoms with Crippen molar-refractivity contribution in [2.45, 2.75) is 37.4 Å². The molecule has 0 aliphatic heterocycles. The summed E-state index contributed by atoms with van der Waals surface area (Å²) < 4.78 is 0. The second kappa shape index (κ2) is 15.7. The molecule has 4 atom stereocenters. The van der Waals surface area contributed by atoms with Gasteiger partial charge in [-0.2, -0.15) is 0 Å². The summed E-state index contributed by atoms with van der Waals surface area (Å²) in [5, 5.41) is 45.8. The minimum absolute atomic E-state index is 0.0789. The molecule has 11 N–H and O–H groups in total. The fraction of sp³-hybridized carbons (Fsp3) is 0.400. The number of hydrogen-bond donors (Lipinski definition) is 10. The number of benzene rings is 1. The molecule has 42 heavy (non-hydrogen) atoms. The number of carboxylic acid groups (broad SMARTS) is 3. The number of aromatic amines is 1. The Bertz CT molecular complexity index is 1330. The largest absolute Gasteiger partial charge is 0.481 e. The molecule has 228 valence electrons. The highest BCUT2D eigenvalue weighted by Crippen LogP contribution is 2.18. The van der Waals surface area contributed by atoms with E-state index in [1.54, 1.807) is 12.3 Å². The maximum absolute atomic E-state index is 12.9. The Morgan fingerprint density at radius 2 is 1.50 bits per heavy atom. The van der Waals surface area contributed by atoms with Crippen molar-refractivity contribution in [2.24, 2.45) is 11.7 Å². The van der Waals surface area contributed by atoms with Crippen molar-refractivity contribution in [1.82, 2.24) is 26.3 Å². The molecule has 0 bridgehead atoms. The third kappa shape index (κ3) is 9.86. The lowest BCUT2D eigenvalue weighted by atomic mass is 10.0. The third-order valence-electron chi connectivity index (χ3n) is 6.06. The average molecular weight is 593 g/mol. The Labute approximate surface area is 237 Å². The highest BCUT2D eigenvalue weighted by Gasteiger charge is 2.31. The number of aliphatic hydroxyl groups excluding tert-OH is 1. The van der Waals surface area contributed by atoms with E-state index in [0.717, 1.165) is 16.5 Å². The number of amides is 4. The highest BCUT2D eigenvalue weighted by atomic mass is 16.4. The lowest BCUT2D eigenvalue weighted by Gasteiger charge is -2.23. The van der Waals surface area contributed by atoms with Gasteiger partial charge in [-0.05, 0) is 24.5 Å². The van der Waals surface area contributed by atoms with E-state index >= 15 is 0 Å². The number of fused-ring (bicyclic) bond motifs is 1. The molecule has 4 amide bonds. The Morgan fingerprint density at radius 1 is 0.833 bits per heavy atom. The molecule has 0 aliphatic carbocycles. The Morgan fingerprint density at radius 3 is 2.12 bits per heavy atom. The van der Waals surface area contributed by atoms with Crippen LogP contribution in [0.25, 0.3) is 10.9 Å². The molecule has 0 aliphatic rings. The fourth-order valence-corrected chi connectivity index (χ4v) is 3.82. The first kappa shape index (κ1) is 33.2. The zero-order chi connectivity index (χ0) is 31.4. The highest BCUT2D eigenvalue weighted by molar-refractivity contribution is 5.99. The molecule has 0 unspecified atom stereocenters. The Balaban J connectivity index is 2.04. The van der Waals surface area contributed by atoms with E-state index in [2.05, 4.69) is 20.9 Å². The minimum Gasteiger partial charge on any atom is -0.481 e. The average Bonchev–Trinajstić information content (AvgIpc) is 3.34. The van der Waals surface area contributed by atoms with Gasteiger partial charge >= 0.3 is 17.9 Å². The van der Waals surface area contributed by atoms with Gasteiger partial charge in [0, 0.05) is 30.1 Å². The van der Waals surface area contributed by atoms with Gasteiger partial charge in [-0.15, -0.1) is 0 Å². The summed E-state index contributed by atoms with van der Waals surface area (Å²) in [7, 11) is 0. The molecule has 17 nitrogen and oxygen atoms in total. The standard InChI is InChI=1S/C25H32N6O11/c26-15(7-12-8-27-16-4-2-1-3-13(12)16)22(38)30-17(5-6-19(33)34)24(40)31-18(11-32)23(39)28-9-14(25(41)42)21(37)29-10-20(35)36/h1-4,8,14-15,17-18,27,32H,5-7,9-11,26H2,(H,28,39)(H,29,37)(H,30,38)(H,31,40)(H,33,34)(H,35,36)(H,41,42)/t14-,15-,17-,18-/m0/s1. The molecule has 0 saturated carbocycles. The number of aliphatic hydroxyl groups is 1. The lowest BCUT2D eigenvalue weighted by Crippen LogP contribution is -2.57. The predicted molar refractivity (Wildman–Crippen MR) is 143 cm³/mol. The SMILES string of the molecule is N[C@@H](Cc1c[nH]c2ccccc12)C(=O)N[C@@H](CCC(=O)O)C(=O)N[C@@H](CO)C(=O)NC[C@H](C(=O)O)C(=O)NCC(=O)O. The van der Waals surface area contributed by atoms with Crippen molar-refractivity contribution in [1.29, 1.82) is 0 Å². The predicted octanol–water partition coefficient (Wildman–Crippen LogP) is -3.12. The summed E-state index contributed by atoms with van der Waals surface area (Å²) in [6, 6.07) is 3.00. The number of nitrogens with two attached hydrogens (primary N) is 1. The monoisotopic (exact) mass is 592 g/mol. The van der Waals surface area contributed by atoms with Gasteiger partial charge in [0.1, 0.15) is 18.6 Å². The van der Waals surface area contributed by atoms with Crippen molar-refractivity contribution in [2.75, 3.05) is 19.7 Å². The van der Waals surface area contributed by atoms with Crippen molar-refractivity contribution >= 4 is 52.4 Å². The van der Waals surface area contributed by atoms with Crippen LogP contribution in [0, 0.1) is 5.92 Å². The molecule has 1 aromatic heterocycles. The van der Waals surface area contributed by atoms with E-state index in [4.69, 9.17) is 15.9 Å². The normalized spacial score (nSPS) is 13.7. The molecule has 17 heteroatoms. The Hall–Kier alpha value is -5.03. The molecule has 0 saturated heterocycles. The number of nitrogens with one attached hydrogen (secondary N) is 5. The zero-order valence-electron chi connectivity index (χ0n) is 22.2. The van der Waals surface area contributed by atoms with E-state index in [0.29, 0.717) is 0 Å². The topological polar surface area (TPSA) is 290 Å². The summed E-state index contributed by atoms with van der Waals surface area (Å²) in [4.78, 5) is 86.3. The number of carbonyl (C=O) groups excluding carboxylic acids is 4. The first-order valence-corrected chi connectivity index (χ1v) is 12.6. The summed E-state index contributed by atoms with van der Waals surface area (Å²) in [5.41, 5.74) is 7.59. The molecule has 0 spiro atoms. The molecule has 2 aromatic rings. The maximum atomic E-state index is 12.9. The van der Waals surface area contributed by atoms with Crippen LogP contribution in [0.5, 0.6) is 0 Å². The van der Waals surface area contributed by atoms with Gasteiger partial charge in [0.15, 0.2) is 5.92 Å². The molecule has 1 aromatic carbocycles. The number of carboxylic acids is 3. The first-order chi connectivity index (χ1) is 19.8. The van der Waals surface area contributed by atoms with Crippen LogP contribution in [0.15, 0.2) is 30.5 Å². The van der Waals surface area contributed by atoms with Crippen LogP contribution in [0.4, 0.5) is 0 Å². The second-order valence-corrected chi connectivity index (χ2v) is 9.15. The van der Waals surface area contributed by atoms with Crippen LogP contribution in [0.2, 0.25) is 0 Å². The van der Waals surface area contributed by atoms with Gasteiger partial charge < -0.3 is 52.4 Å². The smallest absolute Gasteiger partial charge is 0.322 e. The number of hydrogen-bond acceptors (Lipinski definition) is 9. The summed E-state index contributed by atoms with van der Waals surface area (Å²) >= 11 is 0. The quantitative estimate of drug-likeness (QED) is 0.0816. The first-order valence-electron chi connectivity index (χ1n) is 12.6. The molecule has 1 heterocycles. The molecular formula is C25H32N6O11. The molecule has 2 rings (SSSR count). The number of rotatable bonds is 17. The van der Waals surface area contributed by atoms with Crippen LogP contribution >= 0.6 is 0 Å². The number of H-pyrrole nitrogens is 1. The van der Waals surface area contributed by atoms with Crippen LogP contribution < -0.4 is 27.0 Å². The van der Waals surface area contributed by atoms with Crippen molar-refractivity contribution in [3.05, 3.63) is 36.0 Å². The summed E-state index contributed by atoms with van der Waals surface area (Å²) in [6.45, 7) is -2.66. The number of para-hydroxylation sites is 1. The van der Waals surface area contributed by atoms with E-state index in [-0.39, 0.29) is 6.42 Å². The maximum Gasteiger partial charge on any atom is 0.322 e. The minimum atomic E-state index is -1.88. The summed E-state index contributed by atoms with van der Waals surface area (Å²) in [6.07, 6.45) is 0.826. The lowest BCUT2D eigenvalue weighted by molar-refractivity contribution is -0.148. The van der Waals surface area contributed by atoms with Gasteiger partial charge in [0.05, 0.1) is 12.6 Å². The number of aromatic nitrogens is 1. The van der Waals surface area contributed by atoms with Crippen molar-refractivity contribution < 1.29 is 54.0 Å². The fourth-order valence-electron chi connectivity index (χ4n) is 3.82. The van der Waals surface area contributed by atoms with Gasteiger partial charge in [-0.25, -0.2) is 0 Å². The van der Waals surface area contributed by atoms with Crippen LogP contribution in [0.3, 0.4) is 0 Å². The summed E-state index contributed by atoms with van der Waals surface area (Å²) in [5.74, 6) is -10.4. The molecule has 0 radical (unpaired) electrons. The van der Waals surface area contributed by atoms with E-state index in [1.807, 2.05) is 23.5 Å². The second-order valence-electron chi connectivity index (χ2n) is 9.15. The Kier molecular flexibility index (Phi) is 12.4. The third-order valence-corrected chi connectivity index (χ3v) is 6.06. The van der Waals surface area contributed by atoms with E-state index < -0.39 is 98.1 Å². The number of aliphatic carboxylic acids is 3. The van der Waals surface area contributed by atoms with E-state index in [9.17, 15) is 43.8 Å². The molecular weight excluding hydrogens is 560 g/mol. The number of carbonyl (C=O) groups is 7. The van der Waals surface area contributed by atoms with Gasteiger partial charge in [0.2, 0.25) is 23.6 Å². The van der Waals surface area contributed by atoms with Crippen LogP contribution in [0.1, 0.15) is 18.4 Å². The van der Waals surface area contributed by atoms with E-state index in [1.165, 1.54) is 0 Å². The van der Waals surface area contributed by atoms with Crippen molar-refractivity contribution in [3.63, 3.8) is 0 Å². The zero-order valence-corrected chi connectivity index (χ0v) is 22.2. The van der Waals surface area contributed by atoms with Gasteiger partial charge in [-0.3, -0.25) is 33.6 Å². The van der Waals surface area contributed by atoms with Crippen LogP contribution in [-0.4, -0.2) is 105 Å². The van der Waals surface area contributed by atoms with Crippen molar-refractivity contribution in [3.8, 4) is 0 Å². The van der Waals surface area contributed by atoms with Gasteiger partial charge in [-0.1, -0.05) is 18.2 Å². The van der Waals surface area contributed by atoms with Gasteiger partial charge in [0.25, 0.3) is 0 Å². The molecule has 0 fully saturated rings.